The van der Waals surface area contributed by atoms with Gasteiger partial charge < -0.3 is 10.3 Å². The van der Waals surface area contributed by atoms with Gasteiger partial charge in [0, 0.05) is 35.1 Å². The van der Waals surface area contributed by atoms with Crippen LogP contribution in [0.1, 0.15) is 17.5 Å². The van der Waals surface area contributed by atoms with Gasteiger partial charge in [-0.3, -0.25) is 9.78 Å². The lowest BCUT2D eigenvalue weighted by molar-refractivity contribution is -0.116. The maximum absolute atomic E-state index is 12.4. The molecule has 0 unspecified atom stereocenters. The fourth-order valence-electron chi connectivity index (χ4n) is 3.22. The Morgan fingerprint density at radius 1 is 1.08 bits per heavy atom. The quantitative estimate of drug-likeness (QED) is 0.575. The SMILES string of the molecule is Cc1ccc(NC(=O)CCc2c[nH]c3ccccc23)c2cccnc12. The van der Waals surface area contributed by atoms with Crippen molar-refractivity contribution in [1.82, 2.24) is 9.97 Å². The first-order chi connectivity index (χ1) is 12.2. The van der Waals surface area contributed by atoms with E-state index in [4.69, 9.17) is 0 Å². The van der Waals surface area contributed by atoms with E-state index < -0.39 is 0 Å². The standard InChI is InChI=1S/C21H19N3O/c1-14-8-10-19(17-6-4-12-22-21(14)17)24-20(25)11-9-15-13-23-18-7-3-2-5-16(15)18/h2-8,10,12-13,23H,9,11H2,1H3,(H,24,25). The molecule has 1 amide bonds. The monoisotopic (exact) mass is 329 g/mol. The number of nitrogens with zero attached hydrogens (tertiary/aromatic N) is 1. The number of benzene rings is 2. The Balaban J connectivity index is 1.50. The van der Waals surface area contributed by atoms with E-state index in [0.29, 0.717) is 12.8 Å². The van der Waals surface area contributed by atoms with E-state index in [1.54, 1.807) is 6.20 Å². The van der Waals surface area contributed by atoms with Crippen LogP contribution in [-0.2, 0) is 11.2 Å². The Morgan fingerprint density at radius 2 is 1.92 bits per heavy atom. The fraction of sp³-hybridized carbons (Fsp3) is 0.143. The van der Waals surface area contributed by atoms with Crippen LogP contribution in [0.15, 0.2) is 60.9 Å². The number of carbonyl (C=O) groups excluding carboxylic acids is 1. The minimum absolute atomic E-state index is 0.0132. The average molecular weight is 329 g/mol. The number of aromatic amines is 1. The highest BCUT2D eigenvalue weighted by atomic mass is 16.1. The van der Waals surface area contributed by atoms with Gasteiger partial charge in [0.05, 0.1) is 11.2 Å². The lowest BCUT2D eigenvalue weighted by atomic mass is 10.1. The van der Waals surface area contributed by atoms with Crippen LogP contribution < -0.4 is 5.32 Å². The summed E-state index contributed by atoms with van der Waals surface area (Å²) in [5, 5.41) is 5.19. The number of nitrogens with one attached hydrogen (secondary N) is 2. The highest BCUT2D eigenvalue weighted by Crippen LogP contribution is 2.25. The summed E-state index contributed by atoms with van der Waals surface area (Å²) in [6.07, 6.45) is 4.91. The second-order valence-electron chi connectivity index (χ2n) is 6.24. The van der Waals surface area contributed by atoms with E-state index in [2.05, 4.69) is 21.4 Å². The third kappa shape index (κ3) is 2.98. The van der Waals surface area contributed by atoms with Gasteiger partial charge in [0.2, 0.25) is 5.91 Å². The number of H-pyrrole nitrogens is 1. The third-order valence-electron chi connectivity index (χ3n) is 4.54. The van der Waals surface area contributed by atoms with Crippen molar-refractivity contribution in [3.63, 3.8) is 0 Å². The van der Waals surface area contributed by atoms with Crippen molar-refractivity contribution in [2.75, 3.05) is 5.32 Å². The summed E-state index contributed by atoms with van der Waals surface area (Å²) in [5.41, 5.74) is 5.12. The molecule has 0 spiro atoms. The summed E-state index contributed by atoms with van der Waals surface area (Å²) in [5.74, 6) is 0.0132. The second kappa shape index (κ2) is 6.40. The molecule has 0 aliphatic heterocycles. The van der Waals surface area contributed by atoms with Crippen molar-refractivity contribution >= 4 is 33.4 Å². The molecule has 124 valence electrons. The van der Waals surface area contributed by atoms with Gasteiger partial charge in [0.15, 0.2) is 0 Å². The van der Waals surface area contributed by atoms with E-state index in [9.17, 15) is 4.79 Å². The molecule has 0 fully saturated rings. The van der Waals surface area contributed by atoms with Crippen molar-refractivity contribution in [1.29, 1.82) is 0 Å². The fourth-order valence-corrected chi connectivity index (χ4v) is 3.22. The Labute approximate surface area is 145 Å². The normalized spacial score (nSPS) is 11.1. The van der Waals surface area contributed by atoms with Crippen LogP contribution in [0, 0.1) is 6.92 Å². The predicted octanol–water partition coefficient (Wildman–Crippen LogP) is 4.60. The molecule has 0 aliphatic carbocycles. The largest absolute Gasteiger partial charge is 0.361 e. The summed E-state index contributed by atoms with van der Waals surface area (Å²) in [6, 6.07) is 16.0. The Bertz CT molecular complexity index is 1070. The van der Waals surface area contributed by atoms with Crippen LogP contribution >= 0.6 is 0 Å². The molecule has 25 heavy (non-hydrogen) atoms. The molecular formula is C21H19N3O. The molecule has 2 aromatic carbocycles. The van der Waals surface area contributed by atoms with Crippen molar-refractivity contribution in [3.05, 3.63) is 72.1 Å². The second-order valence-corrected chi connectivity index (χ2v) is 6.24. The van der Waals surface area contributed by atoms with Crippen LogP contribution in [0.5, 0.6) is 0 Å². The third-order valence-corrected chi connectivity index (χ3v) is 4.54. The number of hydrogen-bond acceptors (Lipinski definition) is 2. The van der Waals surface area contributed by atoms with Gasteiger partial charge in [0.1, 0.15) is 0 Å². The van der Waals surface area contributed by atoms with Crippen LogP contribution in [-0.4, -0.2) is 15.9 Å². The van der Waals surface area contributed by atoms with Crippen LogP contribution in [0.2, 0.25) is 0 Å². The Morgan fingerprint density at radius 3 is 2.84 bits per heavy atom. The topological polar surface area (TPSA) is 57.8 Å². The zero-order valence-corrected chi connectivity index (χ0v) is 14.0. The van der Waals surface area contributed by atoms with Crippen LogP contribution in [0.25, 0.3) is 21.8 Å². The van der Waals surface area contributed by atoms with Gasteiger partial charge in [-0.25, -0.2) is 0 Å². The molecule has 0 radical (unpaired) electrons. The molecule has 2 N–H and O–H groups in total. The molecule has 2 heterocycles. The number of rotatable bonds is 4. The number of hydrogen-bond donors (Lipinski definition) is 2. The minimum Gasteiger partial charge on any atom is -0.361 e. The van der Waals surface area contributed by atoms with Gasteiger partial charge in [-0.05, 0) is 48.7 Å². The number of amides is 1. The van der Waals surface area contributed by atoms with E-state index in [1.165, 1.54) is 10.9 Å². The summed E-state index contributed by atoms with van der Waals surface area (Å²) in [6.45, 7) is 2.03. The maximum Gasteiger partial charge on any atom is 0.224 e. The number of para-hydroxylation sites is 1. The van der Waals surface area contributed by atoms with Gasteiger partial charge in [-0.15, -0.1) is 0 Å². The number of carbonyl (C=O) groups is 1. The molecule has 0 saturated heterocycles. The van der Waals surface area contributed by atoms with Crippen molar-refractivity contribution in [2.45, 2.75) is 19.8 Å². The van der Waals surface area contributed by atoms with Gasteiger partial charge in [0.25, 0.3) is 0 Å². The van der Waals surface area contributed by atoms with Gasteiger partial charge >= 0.3 is 0 Å². The van der Waals surface area contributed by atoms with Gasteiger partial charge in [-0.1, -0.05) is 24.3 Å². The van der Waals surface area contributed by atoms with E-state index in [-0.39, 0.29) is 5.91 Å². The molecule has 4 rings (SSSR count). The zero-order chi connectivity index (χ0) is 17.2. The Hall–Kier alpha value is -3.14. The molecule has 4 aromatic rings. The molecular weight excluding hydrogens is 310 g/mol. The van der Waals surface area contributed by atoms with Crippen molar-refractivity contribution in [2.24, 2.45) is 0 Å². The maximum atomic E-state index is 12.4. The predicted molar refractivity (Wildman–Crippen MR) is 102 cm³/mol. The molecule has 4 nitrogen and oxygen atoms in total. The van der Waals surface area contributed by atoms with Crippen molar-refractivity contribution in [3.8, 4) is 0 Å². The van der Waals surface area contributed by atoms with E-state index in [0.717, 1.165) is 27.7 Å². The number of aryl methyl sites for hydroxylation is 2. The smallest absolute Gasteiger partial charge is 0.224 e. The molecule has 0 saturated carbocycles. The molecule has 2 aromatic heterocycles. The zero-order valence-electron chi connectivity index (χ0n) is 14.0. The van der Waals surface area contributed by atoms with Crippen molar-refractivity contribution < 1.29 is 4.79 Å². The summed E-state index contributed by atoms with van der Waals surface area (Å²) in [7, 11) is 0. The molecule has 0 bridgehead atoms. The number of aromatic nitrogens is 2. The van der Waals surface area contributed by atoms with Gasteiger partial charge in [-0.2, -0.15) is 0 Å². The van der Waals surface area contributed by atoms with E-state index in [1.807, 2.05) is 55.6 Å². The summed E-state index contributed by atoms with van der Waals surface area (Å²) < 4.78 is 0. The average Bonchev–Trinajstić information content (AvgIpc) is 3.06. The Kier molecular flexibility index (Phi) is 3.94. The van der Waals surface area contributed by atoms with E-state index >= 15 is 0 Å². The molecule has 0 atom stereocenters. The summed E-state index contributed by atoms with van der Waals surface area (Å²) in [4.78, 5) is 20.1. The first-order valence-electron chi connectivity index (χ1n) is 8.41. The number of anilines is 1. The van der Waals surface area contributed by atoms with Crippen LogP contribution in [0.4, 0.5) is 5.69 Å². The number of pyridine rings is 1. The molecule has 4 heteroatoms. The highest BCUT2D eigenvalue weighted by Gasteiger charge is 2.10. The highest BCUT2D eigenvalue weighted by molar-refractivity contribution is 6.02. The van der Waals surface area contributed by atoms with Crippen LogP contribution in [0.3, 0.4) is 0 Å². The lowest BCUT2D eigenvalue weighted by Crippen LogP contribution is -2.12. The number of fused-ring (bicyclic) bond motifs is 2. The summed E-state index contributed by atoms with van der Waals surface area (Å²) >= 11 is 0. The molecule has 0 aliphatic rings. The minimum atomic E-state index is 0.0132. The first kappa shape index (κ1) is 15.4. The first-order valence-corrected chi connectivity index (χ1v) is 8.41. The lowest BCUT2D eigenvalue weighted by Gasteiger charge is -2.10.